The minimum atomic E-state index is -0.270. The van der Waals surface area contributed by atoms with Crippen LogP contribution in [0.3, 0.4) is 0 Å². The molecule has 1 fully saturated rings. The van der Waals surface area contributed by atoms with E-state index in [2.05, 4.69) is 17.5 Å². The fraction of sp³-hybridized carbons (Fsp3) is 0.786. The highest BCUT2D eigenvalue weighted by atomic mass is 32.2. The highest BCUT2D eigenvalue weighted by Crippen LogP contribution is 2.31. The number of nitrogens with one attached hydrogen (secondary N) is 1. The topological polar surface area (TPSA) is 58.6 Å². The molecule has 2 aliphatic rings. The number of aliphatic hydroxyl groups is 1. The average molecular weight is 285 g/mol. The molecule has 0 aromatic carbocycles. The molecule has 2 atom stereocenters. The van der Waals surface area contributed by atoms with Crippen molar-refractivity contribution in [1.29, 1.82) is 0 Å². The lowest BCUT2D eigenvalue weighted by Gasteiger charge is -2.29. The highest BCUT2D eigenvalue weighted by Gasteiger charge is 2.36. The lowest BCUT2D eigenvalue weighted by molar-refractivity contribution is -0.127. The van der Waals surface area contributed by atoms with E-state index in [4.69, 9.17) is 9.84 Å². The Morgan fingerprint density at radius 3 is 3.05 bits per heavy atom. The molecule has 5 heteroatoms. The predicted octanol–water partition coefficient (Wildman–Crippen LogP) is 1.34. The van der Waals surface area contributed by atoms with Gasteiger partial charge in [-0.15, -0.1) is 0 Å². The van der Waals surface area contributed by atoms with Crippen LogP contribution in [0.5, 0.6) is 0 Å². The van der Waals surface area contributed by atoms with Gasteiger partial charge in [-0.3, -0.25) is 4.79 Å². The van der Waals surface area contributed by atoms with E-state index in [0.29, 0.717) is 13.2 Å². The van der Waals surface area contributed by atoms with E-state index >= 15 is 0 Å². The van der Waals surface area contributed by atoms with Gasteiger partial charge in [0.05, 0.1) is 18.8 Å². The first-order chi connectivity index (χ1) is 9.26. The van der Waals surface area contributed by atoms with Crippen LogP contribution >= 0.6 is 11.8 Å². The molecule has 1 saturated heterocycles. The zero-order valence-corrected chi connectivity index (χ0v) is 12.1. The van der Waals surface area contributed by atoms with Gasteiger partial charge in [-0.25, -0.2) is 0 Å². The Morgan fingerprint density at radius 1 is 1.53 bits per heavy atom. The molecule has 1 amide bonds. The van der Waals surface area contributed by atoms with E-state index < -0.39 is 0 Å². The number of carbonyl (C=O) groups excluding carboxylic acids is 1. The Hall–Kier alpha value is -0.520. The van der Waals surface area contributed by atoms with Crippen LogP contribution in [0, 0.1) is 5.92 Å². The van der Waals surface area contributed by atoms with E-state index in [9.17, 15) is 4.79 Å². The van der Waals surface area contributed by atoms with Crippen LogP contribution in [-0.2, 0) is 9.53 Å². The van der Waals surface area contributed by atoms with Gasteiger partial charge in [0, 0.05) is 18.2 Å². The number of carbonyl (C=O) groups is 1. The van der Waals surface area contributed by atoms with Crippen molar-refractivity contribution in [3.8, 4) is 0 Å². The summed E-state index contributed by atoms with van der Waals surface area (Å²) in [5, 5.41) is 11.9. The summed E-state index contributed by atoms with van der Waals surface area (Å²) in [6.45, 7) is 0.954. The number of ether oxygens (including phenoxy) is 1. The summed E-state index contributed by atoms with van der Waals surface area (Å²) in [5.74, 6) is 2.23. The van der Waals surface area contributed by atoms with Crippen LogP contribution in [0.1, 0.15) is 25.7 Å². The maximum absolute atomic E-state index is 12.1. The second-order valence-electron chi connectivity index (χ2n) is 5.26. The van der Waals surface area contributed by atoms with Gasteiger partial charge in [-0.05, 0) is 31.4 Å². The summed E-state index contributed by atoms with van der Waals surface area (Å²) in [4.78, 5) is 12.1. The van der Waals surface area contributed by atoms with E-state index in [1.165, 1.54) is 0 Å². The number of hydrogen-bond acceptors (Lipinski definition) is 4. The highest BCUT2D eigenvalue weighted by molar-refractivity contribution is 7.99. The molecule has 4 nitrogen and oxygen atoms in total. The number of hydrogen-bond donors (Lipinski definition) is 2. The maximum atomic E-state index is 12.1. The third-order valence-corrected chi connectivity index (χ3v) is 5.01. The summed E-state index contributed by atoms with van der Waals surface area (Å²) < 4.78 is 5.78. The Morgan fingerprint density at radius 2 is 2.42 bits per heavy atom. The molecular formula is C14H23NO3S. The molecule has 0 bridgehead atoms. The Labute approximate surface area is 119 Å². The van der Waals surface area contributed by atoms with Crippen LogP contribution in [0.25, 0.3) is 0 Å². The number of amides is 1. The third kappa shape index (κ3) is 4.23. The molecule has 19 heavy (non-hydrogen) atoms. The third-order valence-electron chi connectivity index (χ3n) is 3.79. The first-order valence-corrected chi connectivity index (χ1v) is 8.16. The van der Waals surface area contributed by atoms with E-state index in [1.807, 2.05) is 11.8 Å². The monoisotopic (exact) mass is 285 g/mol. The molecule has 1 aliphatic carbocycles. The van der Waals surface area contributed by atoms with Crippen molar-refractivity contribution in [2.75, 3.05) is 31.3 Å². The standard InChI is InChI=1S/C14H23NO3S/c16-7-8-18-14(6-9-19-11-14)10-15-13(17)12-4-2-1-3-5-12/h1-2,12,16H,3-11H2,(H,15,17). The summed E-state index contributed by atoms with van der Waals surface area (Å²) in [6, 6.07) is 0. The Kier molecular flexibility index (Phi) is 5.73. The first-order valence-electron chi connectivity index (χ1n) is 7.01. The Balaban J connectivity index is 1.81. The molecule has 1 heterocycles. The molecule has 2 rings (SSSR count). The minimum Gasteiger partial charge on any atom is -0.394 e. The fourth-order valence-corrected chi connectivity index (χ4v) is 3.94. The number of thioether (sulfide) groups is 1. The van der Waals surface area contributed by atoms with Gasteiger partial charge in [0.2, 0.25) is 5.91 Å². The molecule has 1 aliphatic heterocycles. The zero-order chi connectivity index (χ0) is 13.6. The zero-order valence-electron chi connectivity index (χ0n) is 11.3. The quantitative estimate of drug-likeness (QED) is 0.723. The second kappa shape index (κ2) is 7.31. The fourth-order valence-electron chi connectivity index (χ4n) is 2.58. The van der Waals surface area contributed by atoms with Gasteiger partial charge >= 0.3 is 0 Å². The van der Waals surface area contributed by atoms with Gasteiger partial charge in [0.15, 0.2) is 0 Å². The predicted molar refractivity (Wildman–Crippen MR) is 77.2 cm³/mol. The smallest absolute Gasteiger partial charge is 0.223 e. The number of allylic oxidation sites excluding steroid dienone is 2. The number of rotatable bonds is 6. The van der Waals surface area contributed by atoms with Gasteiger partial charge in [0.25, 0.3) is 0 Å². The van der Waals surface area contributed by atoms with E-state index in [0.717, 1.165) is 37.2 Å². The van der Waals surface area contributed by atoms with Crippen molar-refractivity contribution < 1.29 is 14.6 Å². The van der Waals surface area contributed by atoms with Crippen LogP contribution < -0.4 is 5.32 Å². The average Bonchev–Trinajstić information content (AvgIpc) is 2.93. The van der Waals surface area contributed by atoms with Crippen molar-refractivity contribution in [3.05, 3.63) is 12.2 Å². The molecule has 0 saturated carbocycles. The summed E-state index contributed by atoms with van der Waals surface area (Å²) in [7, 11) is 0. The van der Waals surface area contributed by atoms with E-state index in [-0.39, 0.29) is 24.0 Å². The molecule has 2 unspecified atom stereocenters. The van der Waals surface area contributed by atoms with Crippen molar-refractivity contribution in [2.24, 2.45) is 5.92 Å². The summed E-state index contributed by atoms with van der Waals surface area (Å²) in [5.41, 5.74) is -0.270. The SMILES string of the molecule is O=C(NCC1(OCCO)CCSC1)C1CC=CCC1. The van der Waals surface area contributed by atoms with Crippen molar-refractivity contribution in [1.82, 2.24) is 5.32 Å². The van der Waals surface area contributed by atoms with Crippen molar-refractivity contribution in [3.63, 3.8) is 0 Å². The molecule has 0 spiro atoms. The minimum absolute atomic E-state index is 0.0355. The number of aliphatic hydroxyl groups excluding tert-OH is 1. The second-order valence-corrected chi connectivity index (χ2v) is 6.36. The summed E-state index contributed by atoms with van der Waals surface area (Å²) >= 11 is 1.85. The van der Waals surface area contributed by atoms with Crippen LogP contribution in [0.4, 0.5) is 0 Å². The van der Waals surface area contributed by atoms with Gasteiger partial charge < -0.3 is 15.2 Å². The van der Waals surface area contributed by atoms with Gasteiger partial charge in [-0.1, -0.05) is 12.2 Å². The molecule has 0 aromatic heterocycles. The summed E-state index contributed by atoms with van der Waals surface area (Å²) in [6.07, 6.45) is 7.98. The molecular weight excluding hydrogens is 262 g/mol. The maximum Gasteiger partial charge on any atom is 0.223 e. The molecule has 0 radical (unpaired) electrons. The Bertz CT molecular complexity index is 327. The van der Waals surface area contributed by atoms with Crippen molar-refractivity contribution in [2.45, 2.75) is 31.3 Å². The van der Waals surface area contributed by atoms with Crippen LogP contribution in [-0.4, -0.2) is 47.9 Å². The van der Waals surface area contributed by atoms with E-state index in [1.54, 1.807) is 0 Å². The van der Waals surface area contributed by atoms with Crippen LogP contribution in [0.2, 0.25) is 0 Å². The van der Waals surface area contributed by atoms with Crippen molar-refractivity contribution >= 4 is 17.7 Å². The van der Waals surface area contributed by atoms with Gasteiger partial charge in [0.1, 0.15) is 0 Å². The first kappa shape index (κ1) is 14.9. The normalized spacial score (nSPS) is 30.5. The van der Waals surface area contributed by atoms with Crippen LogP contribution in [0.15, 0.2) is 12.2 Å². The largest absolute Gasteiger partial charge is 0.394 e. The molecule has 0 aromatic rings. The lowest BCUT2D eigenvalue weighted by atomic mass is 9.93. The molecule has 2 N–H and O–H groups in total. The van der Waals surface area contributed by atoms with Gasteiger partial charge in [-0.2, -0.15) is 11.8 Å². The molecule has 108 valence electrons. The lowest BCUT2D eigenvalue weighted by Crippen LogP contribution is -2.47.